The first kappa shape index (κ1) is 9.49. The monoisotopic (exact) mass is 167 g/mol. The Morgan fingerprint density at radius 2 is 2.33 bits per heavy atom. The quantitative estimate of drug-likeness (QED) is 0.657. The van der Waals surface area contributed by atoms with Crippen molar-refractivity contribution >= 4 is 0 Å². The first-order valence-corrected chi connectivity index (χ1v) is 4.43. The Balaban J connectivity index is 2.51. The lowest BCUT2D eigenvalue weighted by molar-refractivity contribution is 0.160. The van der Waals surface area contributed by atoms with Gasteiger partial charge in [0.1, 0.15) is 0 Å². The molecule has 0 heterocycles. The molecular weight excluding hydrogens is 150 g/mol. The van der Waals surface area contributed by atoms with E-state index >= 15 is 0 Å². The molecule has 0 amide bonds. The van der Waals surface area contributed by atoms with E-state index in [1.807, 2.05) is 19.2 Å². The Morgan fingerprint density at radius 3 is 2.83 bits per heavy atom. The van der Waals surface area contributed by atoms with Gasteiger partial charge >= 0.3 is 0 Å². The van der Waals surface area contributed by atoms with Crippen LogP contribution in [0.25, 0.3) is 0 Å². The number of hydrogen-bond acceptors (Lipinski definition) is 2. The zero-order chi connectivity index (χ0) is 8.86. The van der Waals surface area contributed by atoms with Gasteiger partial charge in [-0.05, 0) is 26.4 Å². The number of allylic oxidation sites excluding steroid dienone is 3. The van der Waals surface area contributed by atoms with Crippen molar-refractivity contribution in [2.45, 2.75) is 12.8 Å². The predicted octanol–water partition coefficient (Wildman–Crippen LogP) is 1.09. The number of aliphatic hydroxyl groups is 1. The molecule has 12 heavy (non-hydrogen) atoms. The summed E-state index contributed by atoms with van der Waals surface area (Å²) in [5.41, 5.74) is -0.00222. The minimum atomic E-state index is -0.00222. The van der Waals surface area contributed by atoms with E-state index in [-0.39, 0.29) is 12.0 Å². The molecule has 2 N–H and O–H groups in total. The van der Waals surface area contributed by atoms with Gasteiger partial charge in [-0.2, -0.15) is 0 Å². The molecule has 0 saturated heterocycles. The van der Waals surface area contributed by atoms with Gasteiger partial charge < -0.3 is 10.4 Å². The summed E-state index contributed by atoms with van der Waals surface area (Å²) in [6.07, 6.45) is 10.3. The summed E-state index contributed by atoms with van der Waals surface area (Å²) in [5, 5.41) is 12.4. The zero-order valence-electron chi connectivity index (χ0n) is 7.59. The van der Waals surface area contributed by atoms with E-state index in [4.69, 9.17) is 0 Å². The highest BCUT2D eigenvalue weighted by Crippen LogP contribution is 2.30. The van der Waals surface area contributed by atoms with Crippen molar-refractivity contribution in [3.8, 4) is 0 Å². The topological polar surface area (TPSA) is 32.3 Å². The molecule has 0 spiro atoms. The van der Waals surface area contributed by atoms with Crippen LogP contribution in [0.15, 0.2) is 24.3 Å². The molecular formula is C10H17NO. The largest absolute Gasteiger partial charge is 0.395 e. The summed E-state index contributed by atoms with van der Waals surface area (Å²) < 4.78 is 0. The molecule has 0 radical (unpaired) electrons. The molecule has 0 aliphatic heterocycles. The molecule has 0 saturated carbocycles. The fraction of sp³-hybridized carbons (Fsp3) is 0.600. The van der Waals surface area contributed by atoms with Crippen LogP contribution < -0.4 is 5.32 Å². The van der Waals surface area contributed by atoms with Crippen molar-refractivity contribution in [2.24, 2.45) is 5.41 Å². The Morgan fingerprint density at radius 1 is 1.50 bits per heavy atom. The van der Waals surface area contributed by atoms with Crippen molar-refractivity contribution < 1.29 is 5.11 Å². The number of nitrogens with one attached hydrogen (secondary N) is 1. The summed E-state index contributed by atoms with van der Waals surface area (Å²) >= 11 is 0. The molecule has 1 unspecified atom stereocenters. The predicted molar refractivity (Wildman–Crippen MR) is 51.0 cm³/mol. The third-order valence-electron chi connectivity index (χ3n) is 2.41. The maximum atomic E-state index is 9.26. The average Bonchev–Trinajstić information content (AvgIpc) is 2.16. The number of rotatable bonds is 4. The molecule has 0 aromatic rings. The van der Waals surface area contributed by atoms with Crippen molar-refractivity contribution in [1.82, 2.24) is 5.32 Å². The summed E-state index contributed by atoms with van der Waals surface area (Å²) in [7, 11) is 1.94. The van der Waals surface area contributed by atoms with Crippen molar-refractivity contribution in [2.75, 3.05) is 20.2 Å². The lowest BCUT2D eigenvalue weighted by Gasteiger charge is -2.28. The van der Waals surface area contributed by atoms with Crippen LogP contribution >= 0.6 is 0 Å². The Labute approximate surface area is 74.0 Å². The highest BCUT2D eigenvalue weighted by molar-refractivity contribution is 5.16. The van der Waals surface area contributed by atoms with Gasteiger partial charge in [0.05, 0.1) is 6.61 Å². The standard InChI is InChI=1S/C10H17NO/c1-11-8-7-10(9-12)5-3-2-4-6-10/h2-5,11-12H,6-9H2,1H3. The lowest BCUT2D eigenvalue weighted by Crippen LogP contribution is -2.27. The van der Waals surface area contributed by atoms with E-state index in [2.05, 4.69) is 17.5 Å². The third-order valence-corrected chi connectivity index (χ3v) is 2.41. The smallest absolute Gasteiger partial charge is 0.0525 e. The fourth-order valence-corrected chi connectivity index (χ4v) is 1.46. The molecule has 1 rings (SSSR count). The van der Waals surface area contributed by atoms with Gasteiger partial charge in [-0.1, -0.05) is 24.3 Å². The van der Waals surface area contributed by atoms with Gasteiger partial charge in [-0.15, -0.1) is 0 Å². The van der Waals surface area contributed by atoms with E-state index in [1.54, 1.807) is 0 Å². The SMILES string of the molecule is CNCCC1(CO)C=CC=CC1. The molecule has 1 aliphatic rings. The van der Waals surface area contributed by atoms with Crippen LogP contribution in [0.4, 0.5) is 0 Å². The molecule has 0 aromatic heterocycles. The molecule has 2 nitrogen and oxygen atoms in total. The second kappa shape index (κ2) is 4.43. The summed E-state index contributed by atoms with van der Waals surface area (Å²) in [6.45, 7) is 1.20. The van der Waals surface area contributed by atoms with Crippen molar-refractivity contribution in [1.29, 1.82) is 0 Å². The molecule has 1 atom stereocenters. The van der Waals surface area contributed by atoms with Gasteiger partial charge in [-0.3, -0.25) is 0 Å². The average molecular weight is 167 g/mol. The van der Waals surface area contributed by atoms with Gasteiger partial charge in [0.2, 0.25) is 0 Å². The normalized spacial score (nSPS) is 27.8. The van der Waals surface area contributed by atoms with E-state index in [1.165, 1.54) is 0 Å². The van der Waals surface area contributed by atoms with Gasteiger partial charge in [-0.25, -0.2) is 0 Å². The first-order valence-electron chi connectivity index (χ1n) is 4.43. The van der Waals surface area contributed by atoms with Crippen LogP contribution in [-0.4, -0.2) is 25.3 Å². The molecule has 1 aliphatic carbocycles. The molecule has 0 bridgehead atoms. The fourth-order valence-electron chi connectivity index (χ4n) is 1.46. The molecule has 0 fully saturated rings. The van der Waals surface area contributed by atoms with Crippen LogP contribution in [0.3, 0.4) is 0 Å². The lowest BCUT2D eigenvalue weighted by atomic mass is 9.79. The van der Waals surface area contributed by atoms with Crippen molar-refractivity contribution in [3.63, 3.8) is 0 Å². The van der Waals surface area contributed by atoms with Crippen LogP contribution in [-0.2, 0) is 0 Å². The second-order valence-corrected chi connectivity index (χ2v) is 3.37. The highest BCUT2D eigenvalue weighted by atomic mass is 16.3. The minimum Gasteiger partial charge on any atom is -0.395 e. The first-order chi connectivity index (χ1) is 5.83. The Kier molecular flexibility index (Phi) is 3.50. The molecule has 0 aromatic carbocycles. The van der Waals surface area contributed by atoms with Crippen molar-refractivity contribution in [3.05, 3.63) is 24.3 Å². The summed E-state index contributed by atoms with van der Waals surface area (Å²) in [5.74, 6) is 0. The minimum absolute atomic E-state index is 0.00222. The van der Waals surface area contributed by atoms with Gasteiger partial charge in [0.15, 0.2) is 0 Å². The summed E-state index contributed by atoms with van der Waals surface area (Å²) in [6, 6.07) is 0. The van der Waals surface area contributed by atoms with Crippen LogP contribution in [0.2, 0.25) is 0 Å². The third kappa shape index (κ3) is 2.19. The summed E-state index contributed by atoms with van der Waals surface area (Å²) in [4.78, 5) is 0. The van der Waals surface area contributed by atoms with Gasteiger partial charge in [0.25, 0.3) is 0 Å². The number of hydrogen-bond donors (Lipinski definition) is 2. The zero-order valence-corrected chi connectivity index (χ0v) is 7.59. The molecule has 68 valence electrons. The number of aliphatic hydroxyl groups excluding tert-OH is 1. The van der Waals surface area contributed by atoms with E-state index in [9.17, 15) is 5.11 Å². The van der Waals surface area contributed by atoms with E-state index in [0.717, 1.165) is 19.4 Å². The second-order valence-electron chi connectivity index (χ2n) is 3.37. The maximum absolute atomic E-state index is 9.26. The van der Waals surface area contributed by atoms with Gasteiger partial charge in [0, 0.05) is 5.41 Å². The van der Waals surface area contributed by atoms with Crippen LogP contribution in [0.5, 0.6) is 0 Å². The van der Waals surface area contributed by atoms with Crippen LogP contribution in [0, 0.1) is 5.41 Å². The van der Waals surface area contributed by atoms with E-state index < -0.39 is 0 Å². The highest BCUT2D eigenvalue weighted by Gasteiger charge is 2.25. The Hall–Kier alpha value is -0.600. The van der Waals surface area contributed by atoms with E-state index in [0.29, 0.717) is 0 Å². The van der Waals surface area contributed by atoms with Crippen LogP contribution in [0.1, 0.15) is 12.8 Å². The Bertz CT molecular complexity index is 186. The molecule has 2 heteroatoms. The maximum Gasteiger partial charge on any atom is 0.0525 e.